The molecule has 0 spiro atoms. The highest BCUT2D eigenvalue weighted by Gasteiger charge is 2.13. The second-order valence-electron chi connectivity index (χ2n) is 4.44. The van der Waals surface area contributed by atoms with Gasteiger partial charge >= 0.3 is 0 Å². The van der Waals surface area contributed by atoms with Crippen molar-refractivity contribution in [2.24, 2.45) is 11.8 Å². The number of aromatic amines is 1. The summed E-state index contributed by atoms with van der Waals surface area (Å²) in [6.45, 7) is 4.17. The number of fused-ring (bicyclic) bond motifs is 1. The highest BCUT2D eigenvalue weighted by molar-refractivity contribution is 5.75. The third-order valence-corrected chi connectivity index (χ3v) is 2.91. The minimum absolute atomic E-state index is 0.0837. The van der Waals surface area contributed by atoms with Gasteiger partial charge in [0.1, 0.15) is 0 Å². The Morgan fingerprint density at radius 3 is 2.94 bits per heavy atom. The third kappa shape index (κ3) is 2.06. The summed E-state index contributed by atoms with van der Waals surface area (Å²) in [7, 11) is 0. The molecule has 1 N–H and O–H groups in total. The lowest BCUT2D eigenvalue weighted by Gasteiger charge is -2.12. The van der Waals surface area contributed by atoms with Gasteiger partial charge in [-0.1, -0.05) is 19.9 Å². The molecule has 0 radical (unpaired) electrons. The number of aromatic nitrogens is 2. The van der Waals surface area contributed by atoms with Crippen molar-refractivity contribution in [3.05, 3.63) is 30.1 Å². The second kappa shape index (κ2) is 4.36. The number of rotatable bonds is 3. The number of H-pyrrole nitrogens is 1. The summed E-state index contributed by atoms with van der Waals surface area (Å²) in [5.41, 5.74) is 3.21. The first-order valence-electron chi connectivity index (χ1n) is 5.52. The van der Waals surface area contributed by atoms with Gasteiger partial charge in [0.25, 0.3) is 0 Å². The van der Waals surface area contributed by atoms with Crippen molar-refractivity contribution in [1.29, 1.82) is 5.26 Å². The van der Waals surface area contributed by atoms with Gasteiger partial charge in [-0.05, 0) is 30.0 Å². The van der Waals surface area contributed by atoms with Crippen LogP contribution in [0.2, 0.25) is 0 Å². The Balaban J connectivity index is 2.24. The van der Waals surface area contributed by atoms with E-state index in [1.54, 1.807) is 6.33 Å². The van der Waals surface area contributed by atoms with Gasteiger partial charge in [0.15, 0.2) is 0 Å². The molecule has 0 fully saturated rings. The first kappa shape index (κ1) is 10.7. The number of benzene rings is 1. The first-order chi connectivity index (χ1) is 7.70. The SMILES string of the molecule is CC(C)C(C#N)Cc1ccc2nc[nH]c2c1. The Bertz CT molecular complexity index is 519. The van der Waals surface area contributed by atoms with Crippen molar-refractivity contribution in [2.45, 2.75) is 20.3 Å². The zero-order valence-corrected chi connectivity index (χ0v) is 9.57. The number of hydrogen-bond donors (Lipinski definition) is 1. The summed E-state index contributed by atoms with van der Waals surface area (Å²) in [6.07, 6.45) is 2.50. The third-order valence-electron chi connectivity index (χ3n) is 2.91. The summed E-state index contributed by atoms with van der Waals surface area (Å²) in [5, 5.41) is 9.06. The second-order valence-corrected chi connectivity index (χ2v) is 4.44. The van der Waals surface area contributed by atoms with E-state index in [0.717, 1.165) is 17.5 Å². The molecule has 0 saturated carbocycles. The lowest BCUT2D eigenvalue weighted by Crippen LogP contribution is -2.09. The lowest BCUT2D eigenvalue weighted by atomic mass is 9.90. The molecule has 0 bridgehead atoms. The van der Waals surface area contributed by atoms with E-state index in [1.807, 2.05) is 6.07 Å². The fourth-order valence-corrected chi connectivity index (χ4v) is 1.79. The summed E-state index contributed by atoms with van der Waals surface area (Å²) in [4.78, 5) is 7.26. The minimum atomic E-state index is 0.0837. The Hall–Kier alpha value is -1.82. The van der Waals surface area contributed by atoms with Gasteiger partial charge in [-0.15, -0.1) is 0 Å². The van der Waals surface area contributed by atoms with Crippen molar-refractivity contribution < 1.29 is 0 Å². The van der Waals surface area contributed by atoms with E-state index < -0.39 is 0 Å². The fraction of sp³-hybridized carbons (Fsp3) is 0.385. The van der Waals surface area contributed by atoms with Gasteiger partial charge in [-0.3, -0.25) is 0 Å². The molecule has 0 amide bonds. The van der Waals surface area contributed by atoms with Crippen LogP contribution < -0.4 is 0 Å². The van der Waals surface area contributed by atoms with Crippen molar-refractivity contribution in [1.82, 2.24) is 9.97 Å². The highest BCUT2D eigenvalue weighted by atomic mass is 14.9. The number of nitrogens with one attached hydrogen (secondary N) is 1. The van der Waals surface area contributed by atoms with E-state index in [0.29, 0.717) is 5.92 Å². The standard InChI is InChI=1S/C13H15N3/c1-9(2)11(7-14)5-10-3-4-12-13(6-10)16-8-15-12/h3-4,6,8-9,11H,5H2,1-2H3,(H,15,16). The maximum atomic E-state index is 9.06. The molecule has 0 aliphatic rings. The first-order valence-corrected chi connectivity index (χ1v) is 5.52. The van der Waals surface area contributed by atoms with Crippen LogP contribution in [0.1, 0.15) is 19.4 Å². The number of nitriles is 1. The molecule has 0 aliphatic carbocycles. The van der Waals surface area contributed by atoms with Crippen molar-refractivity contribution in [2.75, 3.05) is 0 Å². The van der Waals surface area contributed by atoms with Crippen LogP contribution in [0, 0.1) is 23.2 Å². The zero-order chi connectivity index (χ0) is 11.5. The summed E-state index contributed by atoms with van der Waals surface area (Å²) < 4.78 is 0. The van der Waals surface area contributed by atoms with Crippen LogP contribution in [0.4, 0.5) is 0 Å². The summed E-state index contributed by atoms with van der Waals surface area (Å²) >= 11 is 0. The average molecular weight is 213 g/mol. The molecule has 0 saturated heterocycles. The topological polar surface area (TPSA) is 52.5 Å². The fourth-order valence-electron chi connectivity index (χ4n) is 1.79. The normalized spacial score (nSPS) is 12.9. The van der Waals surface area contributed by atoms with Crippen molar-refractivity contribution in [3.8, 4) is 6.07 Å². The number of imidazole rings is 1. The maximum Gasteiger partial charge on any atom is 0.0931 e. The predicted molar refractivity (Wildman–Crippen MR) is 63.7 cm³/mol. The van der Waals surface area contributed by atoms with Crippen LogP contribution in [-0.4, -0.2) is 9.97 Å². The molecule has 3 heteroatoms. The maximum absolute atomic E-state index is 9.06. The van der Waals surface area contributed by atoms with E-state index in [4.69, 9.17) is 5.26 Å². The monoisotopic (exact) mass is 213 g/mol. The summed E-state index contributed by atoms with van der Waals surface area (Å²) in [6, 6.07) is 8.49. The van der Waals surface area contributed by atoms with Gasteiger partial charge in [0, 0.05) is 0 Å². The molecule has 16 heavy (non-hydrogen) atoms. The smallest absolute Gasteiger partial charge is 0.0931 e. The van der Waals surface area contributed by atoms with Gasteiger partial charge in [0.2, 0.25) is 0 Å². The van der Waals surface area contributed by atoms with Crippen LogP contribution >= 0.6 is 0 Å². The van der Waals surface area contributed by atoms with Crippen molar-refractivity contribution >= 4 is 11.0 Å². The Kier molecular flexibility index (Phi) is 2.91. The molecule has 1 aromatic carbocycles. The van der Waals surface area contributed by atoms with Crippen LogP contribution in [0.5, 0.6) is 0 Å². The molecule has 2 aromatic rings. The molecule has 1 atom stereocenters. The quantitative estimate of drug-likeness (QED) is 0.852. The predicted octanol–water partition coefficient (Wildman–Crippen LogP) is 2.90. The number of hydrogen-bond acceptors (Lipinski definition) is 2. The lowest BCUT2D eigenvalue weighted by molar-refractivity contribution is 0.474. The molecule has 2 rings (SSSR count). The molecule has 1 heterocycles. The van der Waals surface area contributed by atoms with Gasteiger partial charge < -0.3 is 4.98 Å². The molecule has 0 aliphatic heterocycles. The highest BCUT2D eigenvalue weighted by Crippen LogP contribution is 2.19. The Labute approximate surface area is 95.1 Å². The van der Waals surface area contributed by atoms with Gasteiger partial charge in [0.05, 0.1) is 29.3 Å². The molecule has 82 valence electrons. The number of nitrogens with zero attached hydrogens (tertiary/aromatic N) is 2. The zero-order valence-electron chi connectivity index (χ0n) is 9.57. The van der Waals surface area contributed by atoms with Crippen LogP contribution in [0.15, 0.2) is 24.5 Å². The molecular formula is C13H15N3. The van der Waals surface area contributed by atoms with E-state index >= 15 is 0 Å². The largest absolute Gasteiger partial charge is 0.345 e. The van der Waals surface area contributed by atoms with E-state index in [1.165, 1.54) is 5.56 Å². The van der Waals surface area contributed by atoms with Crippen LogP contribution in [-0.2, 0) is 6.42 Å². The van der Waals surface area contributed by atoms with E-state index in [9.17, 15) is 0 Å². The van der Waals surface area contributed by atoms with Crippen LogP contribution in [0.25, 0.3) is 11.0 Å². The van der Waals surface area contributed by atoms with Crippen molar-refractivity contribution in [3.63, 3.8) is 0 Å². The van der Waals surface area contributed by atoms with Gasteiger partial charge in [-0.2, -0.15) is 5.26 Å². The van der Waals surface area contributed by atoms with E-state index in [2.05, 4.69) is 42.0 Å². The minimum Gasteiger partial charge on any atom is -0.345 e. The summed E-state index contributed by atoms with van der Waals surface area (Å²) in [5.74, 6) is 0.475. The average Bonchev–Trinajstić information content (AvgIpc) is 2.72. The molecular weight excluding hydrogens is 198 g/mol. The van der Waals surface area contributed by atoms with Gasteiger partial charge in [-0.25, -0.2) is 4.98 Å². The Morgan fingerprint density at radius 1 is 1.44 bits per heavy atom. The molecule has 3 nitrogen and oxygen atoms in total. The van der Waals surface area contributed by atoms with Crippen LogP contribution in [0.3, 0.4) is 0 Å². The Morgan fingerprint density at radius 2 is 2.25 bits per heavy atom. The molecule has 1 aromatic heterocycles. The molecule has 1 unspecified atom stereocenters. The van der Waals surface area contributed by atoms with E-state index in [-0.39, 0.29) is 5.92 Å².